The first-order valence-corrected chi connectivity index (χ1v) is 6.84. The molecule has 0 saturated carbocycles. The molecular formula is C13H17F3N4O2. The van der Waals surface area contributed by atoms with Crippen LogP contribution < -0.4 is 5.56 Å². The van der Waals surface area contributed by atoms with E-state index in [9.17, 15) is 22.8 Å². The van der Waals surface area contributed by atoms with Crippen molar-refractivity contribution in [3.05, 3.63) is 28.4 Å². The molecule has 2 heterocycles. The van der Waals surface area contributed by atoms with Crippen LogP contribution in [-0.4, -0.2) is 64.2 Å². The molecule has 0 aliphatic carbocycles. The number of halogens is 3. The van der Waals surface area contributed by atoms with Crippen LogP contribution in [0.1, 0.15) is 5.69 Å². The van der Waals surface area contributed by atoms with E-state index in [1.807, 2.05) is 0 Å². The van der Waals surface area contributed by atoms with Crippen LogP contribution in [0.15, 0.2) is 17.2 Å². The van der Waals surface area contributed by atoms with Crippen molar-refractivity contribution in [2.45, 2.75) is 19.6 Å². The van der Waals surface area contributed by atoms with Gasteiger partial charge in [-0.1, -0.05) is 0 Å². The molecule has 22 heavy (non-hydrogen) atoms. The summed E-state index contributed by atoms with van der Waals surface area (Å²) in [6, 6.07) is 1.33. The molecule has 1 amide bonds. The first-order chi connectivity index (χ1) is 10.2. The van der Waals surface area contributed by atoms with Gasteiger partial charge >= 0.3 is 6.18 Å². The molecule has 1 fully saturated rings. The van der Waals surface area contributed by atoms with Gasteiger partial charge in [-0.15, -0.1) is 0 Å². The zero-order valence-corrected chi connectivity index (χ0v) is 12.1. The van der Waals surface area contributed by atoms with E-state index < -0.39 is 12.7 Å². The smallest absolute Gasteiger partial charge is 0.339 e. The van der Waals surface area contributed by atoms with Gasteiger partial charge in [0.15, 0.2) is 0 Å². The topological polar surface area (TPSA) is 58.4 Å². The molecule has 0 spiro atoms. The third kappa shape index (κ3) is 4.55. The number of aromatic nitrogens is 2. The number of hydrogen-bond acceptors (Lipinski definition) is 4. The lowest BCUT2D eigenvalue weighted by atomic mass is 10.3. The van der Waals surface area contributed by atoms with Crippen molar-refractivity contribution in [2.75, 3.05) is 32.7 Å². The summed E-state index contributed by atoms with van der Waals surface area (Å²) < 4.78 is 38.1. The highest BCUT2D eigenvalue weighted by Crippen LogP contribution is 2.17. The maximum absolute atomic E-state index is 12.3. The largest absolute Gasteiger partial charge is 0.401 e. The predicted octanol–water partition coefficient (Wildman–Crippen LogP) is 0.258. The fraction of sp³-hybridized carbons (Fsp3) is 0.615. The fourth-order valence-electron chi connectivity index (χ4n) is 2.29. The van der Waals surface area contributed by atoms with E-state index in [-0.39, 0.29) is 44.2 Å². The molecular weight excluding hydrogens is 301 g/mol. The minimum Gasteiger partial charge on any atom is -0.339 e. The SMILES string of the molecule is Cc1cc(=O)n(CC(=O)N2CCN(CC(F)(F)F)CC2)cn1. The van der Waals surface area contributed by atoms with Crippen LogP contribution >= 0.6 is 0 Å². The van der Waals surface area contributed by atoms with Crippen LogP contribution in [0.4, 0.5) is 13.2 Å². The molecule has 0 N–H and O–H groups in total. The normalized spacial score (nSPS) is 16.8. The third-order valence-corrected chi connectivity index (χ3v) is 3.45. The van der Waals surface area contributed by atoms with Crippen molar-refractivity contribution < 1.29 is 18.0 Å². The van der Waals surface area contributed by atoms with Crippen molar-refractivity contribution in [3.8, 4) is 0 Å². The molecule has 1 saturated heterocycles. The van der Waals surface area contributed by atoms with Crippen LogP contribution in [0.25, 0.3) is 0 Å². The van der Waals surface area contributed by atoms with Gasteiger partial charge < -0.3 is 4.90 Å². The molecule has 1 aromatic rings. The summed E-state index contributed by atoms with van der Waals surface area (Å²) in [6.07, 6.45) is -2.93. The van der Waals surface area contributed by atoms with Crippen molar-refractivity contribution in [2.24, 2.45) is 0 Å². The Labute approximate surface area is 125 Å². The van der Waals surface area contributed by atoms with E-state index in [2.05, 4.69) is 4.98 Å². The molecule has 9 heteroatoms. The van der Waals surface area contributed by atoms with Crippen LogP contribution in [-0.2, 0) is 11.3 Å². The van der Waals surface area contributed by atoms with Gasteiger partial charge in [0.05, 0.1) is 12.9 Å². The number of hydrogen-bond donors (Lipinski definition) is 0. The Hall–Kier alpha value is -1.90. The average Bonchev–Trinajstić information content (AvgIpc) is 2.41. The van der Waals surface area contributed by atoms with Gasteiger partial charge in [0.2, 0.25) is 5.91 Å². The number of amides is 1. The van der Waals surface area contributed by atoms with Crippen LogP contribution in [0, 0.1) is 6.92 Å². The highest BCUT2D eigenvalue weighted by Gasteiger charge is 2.32. The molecule has 2 rings (SSSR count). The summed E-state index contributed by atoms with van der Waals surface area (Å²) in [5, 5.41) is 0. The van der Waals surface area contributed by atoms with Gasteiger partial charge in [-0.05, 0) is 6.92 Å². The van der Waals surface area contributed by atoms with Gasteiger partial charge in [-0.3, -0.25) is 19.1 Å². The Morgan fingerprint density at radius 2 is 1.91 bits per heavy atom. The molecule has 0 bridgehead atoms. The van der Waals surface area contributed by atoms with Gasteiger partial charge in [-0.2, -0.15) is 13.2 Å². The Kier molecular flexibility index (Phi) is 4.84. The number of carbonyl (C=O) groups is 1. The third-order valence-electron chi connectivity index (χ3n) is 3.45. The quantitative estimate of drug-likeness (QED) is 0.802. The van der Waals surface area contributed by atoms with Crippen molar-refractivity contribution in [1.82, 2.24) is 19.4 Å². The molecule has 1 aromatic heterocycles. The molecule has 6 nitrogen and oxygen atoms in total. The number of piperazine rings is 1. The van der Waals surface area contributed by atoms with Gasteiger partial charge in [-0.25, -0.2) is 4.98 Å². The first-order valence-electron chi connectivity index (χ1n) is 6.84. The maximum atomic E-state index is 12.3. The van der Waals surface area contributed by atoms with Gasteiger partial charge in [0.1, 0.15) is 6.54 Å². The zero-order valence-electron chi connectivity index (χ0n) is 12.1. The Balaban J connectivity index is 1.89. The van der Waals surface area contributed by atoms with E-state index in [0.29, 0.717) is 5.69 Å². The van der Waals surface area contributed by atoms with E-state index in [4.69, 9.17) is 0 Å². The van der Waals surface area contributed by atoms with Crippen molar-refractivity contribution in [1.29, 1.82) is 0 Å². The second-order valence-electron chi connectivity index (χ2n) is 5.27. The van der Waals surface area contributed by atoms with Gasteiger partial charge in [0.25, 0.3) is 5.56 Å². The lowest BCUT2D eigenvalue weighted by Crippen LogP contribution is -2.51. The average molecular weight is 318 g/mol. The summed E-state index contributed by atoms with van der Waals surface area (Å²) in [6.45, 7) is 1.36. The van der Waals surface area contributed by atoms with E-state index in [1.165, 1.54) is 26.8 Å². The number of nitrogens with zero attached hydrogens (tertiary/aromatic N) is 4. The maximum Gasteiger partial charge on any atom is 0.401 e. The molecule has 122 valence electrons. The predicted molar refractivity (Wildman–Crippen MR) is 72.3 cm³/mol. The number of rotatable bonds is 3. The van der Waals surface area contributed by atoms with Crippen LogP contribution in [0.5, 0.6) is 0 Å². The summed E-state index contributed by atoms with van der Waals surface area (Å²) in [5.41, 5.74) is 0.242. The first kappa shape index (κ1) is 16.5. The number of aryl methyl sites for hydroxylation is 1. The van der Waals surface area contributed by atoms with Crippen LogP contribution in [0.2, 0.25) is 0 Å². The summed E-state index contributed by atoms with van der Waals surface area (Å²) in [7, 11) is 0. The molecule has 0 aromatic carbocycles. The molecule has 0 radical (unpaired) electrons. The van der Waals surface area contributed by atoms with Crippen molar-refractivity contribution >= 4 is 5.91 Å². The van der Waals surface area contributed by atoms with Crippen LogP contribution in [0.3, 0.4) is 0 Å². The lowest BCUT2D eigenvalue weighted by molar-refractivity contribution is -0.151. The van der Waals surface area contributed by atoms with Crippen molar-refractivity contribution in [3.63, 3.8) is 0 Å². The zero-order chi connectivity index (χ0) is 16.3. The summed E-state index contributed by atoms with van der Waals surface area (Å²) in [4.78, 5) is 30.5. The van der Waals surface area contributed by atoms with E-state index in [1.54, 1.807) is 6.92 Å². The minimum absolute atomic E-state index is 0.147. The van der Waals surface area contributed by atoms with E-state index >= 15 is 0 Å². The van der Waals surface area contributed by atoms with Gasteiger partial charge in [0, 0.05) is 37.9 Å². The Bertz CT molecular complexity index is 592. The Morgan fingerprint density at radius 3 is 2.45 bits per heavy atom. The number of alkyl halides is 3. The molecule has 0 atom stereocenters. The fourth-order valence-corrected chi connectivity index (χ4v) is 2.29. The highest BCUT2D eigenvalue weighted by molar-refractivity contribution is 5.76. The number of carbonyl (C=O) groups excluding carboxylic acids is 1. The summed E-state index contributed by atoms with van der Waals surface area (Å²) >= 11 is 0. The Morgan fingerprint density at radius 1 is 1.27 bits per heavy atom. The second-order valence-corrected chi connectivity index (χ2v) is 5.27. The standard InChI is InChI=1S/C13H17F3N4O2/c1-10-6-11(21)20(9-17-10)7-12(22)19-4-2-18(3-5-19)8-13(14,15)16/h6,9H,2-5,7-8H2,1H3. The second kappa shape index (κ2) is 6.47. The highest BCUT2D eigenvalue weighted by atomic mass is 19.4. The monoisotopic (exact) mass is 318 g/mol. The molecule has 1 aliphatic rings. The molecule has 1 aliphatic heterocycles. The summed E-state index contributed by atoms with van der Waals surface area (Å²) in [5.74, 6) is -0.292. The lowest BCUT2D eigenvalue weighted by Gasteiger charge is -2.35. The molecule has 0 unspecified atom stereocenters. The van der Waals surface area contributed by atoms with E-state index in [0.717, 1.165) is 0 Å². The minimum atomic E-state index is -4.23.